The lowest BCUT2D eigenvalue weighted by molar-refractivity contribution is -0.122. The Morgan fingerprint density at radius 1 is 1.35 bits per heavy atom. The number of halogens is 1. The Kier molecular flexibility index (Phi) is 7.92. The molecule has 3 rings (SSSR count). The Labute approximate surface area is 172 Å². The third kappa shape index (κ3) is 4.99. The van der Waals surface area contributed by atoms with Crippen molar-refractivity contribution < 1.29 is 4.79 Å². The van der Waals surface area contributed by atoms with Gasteiger partial charge in [-0.15, -0.1) is 24.0 Å². The molecule has 2 aliphatic rings. The molecule has 144 valence electrons. The molecule has 1 atom stereocenters. The highest BCUT2D eigenvalue weighted by molar-refractivity contribution is 14.0. The Balaban J connectivity index is 0.00000243. The van der Waals surface area contributed by atoms with E-state index in [-0.39, 0.29) is 35.8 Å². The van der Waals surface area contributed by atoms with Crippen LogP contribution in [0.2, 0.25) is 0 Å². The number of hydrogen-bond acceptors (Lipinski definition) is 4. The Morgan fingerprint density at radius 2 is 2.12 bits per heavy atom. The lowest BCUT2D eigenvalue weighted by atomic mass is 9.97. The van der Waals surface area contributed by atoms with Crippen molar-refractivity contribution in [3.8, 4) is 0 Å². The van der Waals surface area contributed by atoms with E-state index in [0.29, 0.717) is 13.1 Å². The van der Waals surface area contributed by atoms with Gasteiger partial charge in [0, 0.05) is 51.5 Å². The molecule has 0 bridgehead atoms. The van der Waals surface area contributed by atoms with Gasteiger partial charge in [-0.1, -0.05) is 6.07 Å². The van der Waals surface area contributed by atoms with Gasteiger partial charge in [0.2, 0.25) is 5.91 Å². The number of carbonyl (C=O) groups is 1. The van der Waals surface area contributed by atoms with Crippen LogP contribution in [0.15, 0.2) is 23.3 Å². The van der Waals surface area contributed by atoms with Crippen LogP contribution < -0.4 is 16.0 Å². The van der Waals surface area contributed by atoms with E-state index in [9.17, 15) is 4.79 Å². The standard InChI is InChI=1S/C18H28N6O.HI/c1-20-18(23-9-2-3-10-23)22-12-14-6-4-8-21-17(14)24-11-5-7-15(13-24)16(19)25;/h4,6,8,15H,2-3,5,7,9-13H2,1H3,(H2,19,25)(H,20,22);1H. The lowest BCUT2D eigenvalue weighted by Gasteiger charge is -2.33. The number of carbonyl (C=O) groups excluding carboxylic acids is 1. The summed E-state index contributed by atoms with van der Waals surface area (Å²) < 4.78 is 0. The van der Waals surface area contributed by atoms with Crippen LogP contribution >= 0.6 is 24.0 Å². The first kappa shape index (κ1) is 20.7. The smallest absolute Gasteiger partial charge is 0.222 e. The molecule has 1 aromatic heterocycles. The van der Waals surface area contributed by atoms with Crippen LogP contribution in [-0.2, 0) is 11.3 Å². The first-order valence-electron chi connectivity index (χ1n) is 9.13. The number of amides is 1. The molecule has 0 spiro atoms. The van der Waals surface area contributed by atoms with Gasteiger partial charge in [0.25, 0.3) is 0 Å². The summed E-state index contributed by atoms with van der Waals surface area (Å²) in [4.78, 5) is 25.0. The average molecular weight is 472 g/mol. The van der Waals surface area contributed by atoms with Crippen LogP contribution in [0, 0.1) is 5.92 Å². The van der Waals surface area contributed by atoms with Crippen LogP contribution in [0.25, 0.3) is 0 Å². The zero-order chi connectivity index (χ0) is 17.6. The fourth-order valence-corrected chi connectivity index (χ4v) is 3.69. The van der Waals surface area contributed by atoms with Gasteiger partial charge < -0.3 is 20.9 Å². The summed E-state index contributed by atoms with van der Waals surface area (Å²) in [6.45, 7) is 4.36. The second-order valence-electron chi connectivity index (χ2n) is 6.77. The maximum atomic E-state index is 11.6. The lowest BCUT2D eigenvalue weighted by Crippen LogP contribution is -2.42. The molecule has 0 aliphatic carbocycles. The molecule has 0 radical (unpaired) electrons. The molecule has 2 fully saturated rings. The van der Waals surface area contributed by atoms with Crippen molar-refractivity contribution in [3.63, 3.8) is 0 Å². The first-order valence-corrected chi connectivity index (χ1v) is 9.13. The van der Waals surface area contributed by atoms with Crippen molar-refractivity contribution in [3.05, 3.63) is 23.9 Å². The Morgan fingerprint density at radius 3 is 2.81 bits per heavy atom. The van der Waals surface area contributed by atoms with E-state index in [1.807, 2.05) is 19.3 Å². The highest BCUT2D eigenvalue weighted by atomic mass is 127. The zero-order valence-corrected chi connectivity index (χ0v) is 17.7. The fraction of sp³-hybridized carbons (Fsp3) is 0.611. The second-order valence-corrected chi connectivity index (χ2v) is 6.77. The fourth-order valence-electron chi connectivity index (χ4n) is 3.69. The number of hydrogen-bond donors (Lipinski definition) is 2. The molecule has 2 aliphatic heterocycles. The van der Waals surface area contributed by atoms with Gasteiger partial charge >= 0.3 is 0 Å². The minimum atomic E-state index is -0.213. The molecule has 8 heteroatoms. The maximum absolute atomic E-state index is 11.6. The number of guanidine groups is 1. The molecule has 3 N–H and O–H groups in total. The Hall–Kier alpha value is -1.58. The van der Waals surface area contributed by atoms with Crippen molar-refractivity contribution in [2.24, 2.45) is 16.6 Å². The van der Waals surface area contributed by atoms with E-state index in [1.165, 1.54) is 12.8 Å². The third-order valence-corrected chi connectivity index (χ3v) is 5.05. The summed E-state index contributed by atoms with van der Waals surface area (Å²) in [6, 6.07) is 4.04. The van der Waals surface area contributed by atoms with Gasteiger partial charge in [-0.25, -0.2) is 4.98 Å². The van der Waals surface area contributed by atoms with E-state index in [0.717, 1.165) is 49.8 Å². The summed E-state index contributed by atoms with van der Waals surface area (Å²) in [7, 11) is 1.83. The minimum Gasteiger partial charge on any atom is -0.369 e. The number of nitrogens with zero attached hydrogens (tertiary/aromatic N) is 4. The van der Waals surface area contributed by atoms with Crippen LogP contribution in [0.4, 0.5) is 5.82 Å². The zero-order valence-electron chi connectivity index (χ0n) is 15.4. The van der Waals surface area contributed by atoms with Crippen LogP contribution in [0.5, 0.6) is 0 Å². The molecule has 0 aromatic carbocycles. The van der Waals surface area contributed by atoms with Gasteiger partial charge in [-0.3, -0.25) is 9.79 Å². The molecular formula is C18H29IN6O. The van der Waals surface area contributed by atoms with Gasteiger partial charge in [-0.05, 0) is 31.7 Å². The normalized spacial score (nSPS) is 20.7. The van der Waals surface area contributed by atoms with E-state index in [2.05, 4.69) is 31.2 Å². The molecule has 1 unspecified atom stereocenters. The quantitative estimate of drug-likeness (QED) is 0.395. The summed E-state index contributed by atoms with van der Waals surface area (Å²) in [5.74, 6) is 1.59. The first-order chi connectivity index (χ1) is 12.2. The number of anilines is 1. The van der Waals surface area contributed by atoms with Crippen LogP contribution in [0.3, 0.4) is 0 Å². The molecular weight excluding hydrogens is 443 g/mol. The van der Waals surface area contributed by atoms with E-state index in [1.54, 1.807) is 0 Å². The molecule has 7 nitrogen and oxygen atoms in total. The summed E-state index contributed by atoms with van der Waals surface area (Å²) in [5.41, 5.74) is 6.63. The summed E-state index contributed by atoms with van der Waals surface area (Å²) in [6.07, 6.45) is 6.09. The second kappa shape index (κ2) is 9.94. The summed E-state index contributed by atoms with van der Waals surface area (Å²) in [5, 5.41) is 3.46. The van der Waals surface area contributed by atoms with Crippen molar-refractivity contribution in [1.82, 2.24) is 15.2 Å². The van der Waals surface area contributed by atoms with Gasteiger partial charge in [0.15, 0.2) is 5.96 Å². The van der Waals surface area contributed by atoms with E-state index in [4.69, 9.17) is 5.73 Å². The monoisotopic (exact) mass is 472 g/mol. The molecule has 1 amide bonds. The number of aliphatic imine (C=N–C) groups is 1. The largest absolute Gasteiger partial charge is 0.369 e. The predicted octanol–water partition coefficient (Wildman–Crippen LogP) is 1.57. The molecule has 2 saturated heterocycles. The number of pyridine rings is 1. The topological polar surface area (TPSA) is 86.9 Å². The number of likely N-dealkylation sites (tertiary alicyclic amines) is 1. The van der Waals surface area contributed by atoms with Crippen molar-refractivity contribution in [2.45, 2.75) is 32.2 Å². The highest BCUT2D eigenvalue weighted by Crippen LogP contribution is 2.24. The average Bonchev–Trinajstić information content (AvgIpc) is 3.17. The Bertz CT molecular complexity index is 632. The SMILES string of the molecule is CN=C(NCc1cccnc1N1CCCC(C(N)=O)C1)N1CCCC1.I. The predicted molar refractivity (Wildman–Crippen MR) is 115 cm³/mol. The van der Waals surface area contributed by atoms with Crippen LogP contribution in [0.1, 0.15) is 31.2 Å². The number of primary amides is 1. The number of piperidine rings is 1. The van der Waals surface area contributed by atoms with Crippen molar-refractivity contribution in [1.29, 1.82) is 0 Å². The molecule has 1 aromatic rings. The van der Waals surface area contributed by atoms with Crippen molar-refractivity contribution in [2.75, 3.05) is 38.1 Å². The molecule has 26 heavy (non-hydrogen) atoms. The van der Waals surface area contributed by atoms with E-state index < -0.39 is 0 Å². The third-order valence-electron chi connectivity index (χ3n) is 5.05. The minimum absolute atomic E-state index is 0. The van der Waals surface area contributed by atoms with Crippen molar-refractivity contribution >= 4 is 41.7 Å². The number of nitrogens with two attached hydrogens (primary N) is 1. The van der Waals surface area contributed by atoms with E-state index >= 15 is 0 Å². The van der Waals surface area contributed by atoms with Gasteiger partial charge in [0.1, 0.15) is 5.82 Å². The maximum Gasteiger partial charge on any atom is 0.222 e. The molecule has 0 saturated carbocycles. The number of aromatic nitrogens is 1. The van der Waals surface area contributed by atoms with Gasteiger partial charge in [0.05, 0.1) is 5.92 Å². The van der Waals surface area contributed by atoms with Crippen LogP contribution in [-0.4, -0.2) is 55.0 Å². The number of nitrogens with one attached hydrogen (secondary N) is 1. The molecule has 3 heterocycles. The van der Waals surface area contributed by atoms with Gasteiger partial charge in [-0.2, -0.15) is 0 Å². The highest BCUT2D eigenvalue weighted by Gasteiger charge is 2.26. The summed E-state index contributed by atoms with van der Waals surface area (Å²) >= 11 is 0. The number of rotatable bonds is 4.